The minimum atomic E-state index is -0.862. The van der Waals surface area contributed by atoms with E-state index in [9.17, 15) is 4.79 Å². The van der Waals surface area contributed by atoms with Crippen LogP contribution in [0.15, 0.2) is 73.1 Å². The van der Waals surface area contributed by atoms with Gasteiger partial charge in [-0.3, -0.25) is 20.1 Å². The first kappa shape index (κ1) is 18.6. The Morgan fingerprint density at radius 2 is 1.87 bits per heavy atom. The molecule has 5 rings (SSSR count). The Hall–Kier alpha value is -3.47. The molecule has 150 valence electrons. The molecule has 0 spiro atoms. The van der Waals surface area contributed by atoms with Crippen LogP contribution in [0.3, 0.4) is 0 Å². The van der Waals surface area contributed by atoms with Gasteiger partial charge in [-0.15, -0.1) is 0 Å². The van der Waals surface area contributed by atoms with Gasteiger partial charge in [0.25, 0.3) is 5.91 Å². The van der Waals surface area contributed by atoms with E-state index in [2.05, 4.69) is 53.6 Å². The molecule has 3 aromatic rings. The number of amides is 1. The second kappa shape index (κ2) is 7.10. The fraction of sp³-hybridized carbons (Fsp3) is 0.240. The molecule has 2 aliphatic rings. The first-order chi connectivity index (χ1) is 14.6. The van der Waals surface area contributed by atoms with Crippen molar-refractivity contribution < 1.29 is 4.79 Å². The number of aromatic nitrogens is 1. The Bertz CT molecular complexity index is 1120. The van der Waals surface area contributed by atoms with E-state index in [1.807, 2.05) is 24.3 Å². The molecule has 1 saturated carbocycles. The zero-order valence-corrected chi connectivity index (χ0v) is 16.9. The highest BCUT2D eigenvalue weighted by Gasteiger charge is 2.59. The predicted molar refractivity (Wildman–Crippen MR) is 117 cm³/mol. The summed E-state index contributed by atoms with van der Waals surface area (Å²) < 4.78 is 0. The summed E-state index contributed by atoms with van der Waals surface area (Å²) in [5, 5.41) is 11.8. The van der Waals surface area contributed by atoms with Crippen molar-refractivity contribution in [3.63, 3.8) is 0 Å². The van der Waals surface area contributed by atoms with Crippen LogP contribution in [0.25, 0.3) is 11.1 Å². The van der Waals surface area contributed by atoms with Crippen LogP contribution in [-0.4, -0.2) is 21.8 Å². The second-order valence-corrected chi connectivity index (χ2v) is 8.26. The Morgan fingerprint density at radius 3 is 2.57 bits per heavy atom. The number of nitrogens with one attached hydrogen (secondary N) is 2. The van der Waals surface area contributed by atoms with E-state index in [-0.39, 0.29) is 17.8 Å². The van der Waals surface area contributed by atoms with E-state index < -0.39 is 5.54 Å². The van der Waals surface area contributed by atoms with Crippen LogP contribution < -0.4 is 5.32 Å². The zero-order valence-electron chi connectivity index (χ0n) is 16.9. The van der Waals surface area contributed by atoms with Crippen LogP contribution in [-0.2, 0) is 16.9 Å². The number of pyridine rings is 1. The molecule has 2 N–H and O–H groups in total. The maximum absolute atomic E-state index is 13.7. The minimum Gasteiger partial charge on any atom is -0.338 e. The topological polar surface area (TPSA) is 69.1 Å². The summed E-state index contributed by atoms with van der Waals surface area (Å²) >= 11 is 0. The first-order valence-electron chi connectivity index (χ1n) is 10.3. The van der Waals surface area contributed by atoms with Gasteiger partial charge in [0.05, 0.1) is 6.54 Å². The SMILES string of the molecule is Cc1cccc(-c2cccc(C3(C4CC4)NC(=N)N(Cc4cccnc4)C3=O)c2)c1. The van der Waals surface area contributed by atoms with Gasteiger partial charge in [0.2, 0.25) is 0 Å². The molecular weight excluding hydrogens is 372 g/mol. The van der Waals surface area contributed by atoms with Gasteiger partial charge in [-0.05, 0) is 60.1 Å². The average Bonchev–Trinajstić information content (AvgIpc) is 3.58. The van der Waals surface area contributed by atoms with Gasteiger partial charge in [-0.2, -0.15) is 0 Å². The molecule has 1 atom stereocenters. The third kappa shape index (κ3) is 3.07. The smallest absolute Gasteiger partial charge is 0.260 e. The van der Waals surface area contributed by atoms with Crippen molar-refractivity contribution in [2.75, 3.05) is 0 Å². The van der Waals surface area contributed by atoms with Crippen molar-refractivity contribution in [1.82, 2.24) is 15.2 Å². The Kier molecular flexibility index (Phi) is 4.39. The molecule has 1 unspecified atom stereocenters. The molecule has 5 heteroatoms. The fourth-order valence-corrected chi connectivity index (χ4v) is 4.44. The van der Waals surface area contributed by atoms with Gasteiger partial charge in [0.15, 0.2) is 5.96 Å². The average molecular weight is 396 g/mol. The molecule has 5 nitrogen and oxygen atoms in total. The van der Waals surface area contributed by atoms with Crippen molar-refractivity contribution in [1.29, 1.82) is 5.41 Å². The highest BCUT2D eigenvalue weighted by Crippen LogP contribution is 2.49. The molecule has 2 aromatic carbocycles. The van der Waals surface area contributed by atoms with E-state index in [4.69, 9.17) is 5.41 Å². The summed E-state index contributed by atoms with van der Waals surface area (Å²) in [5.74, 6) is 0.328. The third-order valence-electron chi connectivity index (χ3n) is 6.09. The van der Waals surface area contributed by atoms with Gasteiger partial charge in [0.1, 0.15) is 5.54 Å². The van der Waals surface area contributed by atoms with Crippen molar-refractivity contribution in [2.24, 2.45) is 5.92 Å². The standard InChI is InChI=1S/C25H24N4O/c1-17-5-2-7-19(13-17)20-8-3-9-22(14-20)25(21-10-11-21)23(30)29(24(26)28-25)16-18-6-4-12-27-15-18/h2-9,12-15,21H,10-11,16H2,1H3,(H2,26,28). The number of benzene rings is 2. The van der Waals surface area contributed by atoms with E-state index >= 15 is 0 Å². The summed E-state index contributed by atoms with van der Waals surface area (Å²) in [5.41, 5.74) is 4.41. The third-order valence-corrected chi connectivity index (χ3v) is 6.09. The summed E-state index contributed by atoms with van der Waals surface area (Å²) in [6.07, 6.45) is 5.43. The quantitative estimate of drug-likeness (QED) is 0.678. The Labute approximate surface area is 176 Å². The lowest BCUT2D eigenvalue weighted by Gasteiger charge is -2.28. The molecule has 0 bridgehead atoms. The van der Waals surface area contributed by atoms with E-state index in [0.717, 1.165) is 35.1 Å². The van der Waals surface area contributed by atoms with Crippen LogP contribution >= 0.6 is 0 Å². The van der Waals surface area contributed by atoms with E-state index in [0.29, 0.717) is 6.54 Å². The number of nitrogens with zero attached hydrogens (tertiary/aromatic N) is 2. The lowest BCUT2D eigenvalue weighted by molar-refractivity contribution is -0.132. The summed E-state index contributed by atoms with van der Waals surface area (Å²) in [6, 6.07) is 20.4. The fourth-order valence-electron chi connectivity index (χ4n) is 4.44. The van der Waals surface area contributed by atoms with Gasteiger partial charge < -0.3 is 5.32 Å². The molecule has 1 aliphatic heterocycles. The molecule has 1 aliphatic carbocycles. The van der Waals surface area contributed by atoms with Crippen molar-refractivity contribution in [2.45, 2.75) is 31.8 Å². The number of rotatable bonds is 5. The lowest BCUT2D eigenvalue weighted by Crippen LogP contribution is -2.46. The molecule has 1 amide bonds. The van der Waals surface area contributed by atoms with Crippen molar-refractivity contribution in [3.8, 4) is 11.1 Å². The summed E-state index contributed by atoms with van der Waals surface area (Å²) in [6.45, 7) is 2.43. The molecular formula is C25H24N4O. The normalized spacial score (nSPS) is 21.0. The first-order valence-corrected chi connectivity index (χ1v) is 10.3. The number of carbonyl (C=O) groups excluding carboxylic acids is 1. The molecule has 2 fully saturated rings. The van der Waals surface area contributed by atoms with Crippen LogP contribution in [0, 0.1) is 18.3 Å². The maximum Gasteiger partial charge on any atom is 0.260 e. The van der Waals surface area contributed by atoms with E-state index in [1.54, 1.807) is 17.3 Å². The van der Waals surface area contributed by atoms with E-state index in [1.165, 1.54) is 5.56 Å². The molecule has 30 heavy (non-hydrogen) atoms. The number of guanidine groups is 1. The number of aryl methyl sites for hydroxylation is 1. The zero-order chi connectivity index (χ0) is 20.7. The largest absolute Gasteiger partial charge is 0.338 e. The van der Waals surface area contributed by atoms with Crippen LogP contribution in [0.5, 0.6) is 0 Å². The van der Waals surface area contributed by atoms with Crippen molar-refractivity contribution >= 4 is 11.9 Å². The molecule has 0 radical (unpaired) electrons. The van der Waals surface area contributed by atoms with Gasteiger partial charge in [-0.25, -0.2) is 0 Å². The number of hydrogen-bond donors (Lipinski definition) is 2. The molecule has 2 heterocycles. The predicted octanol–water partition coefficient (Wildman–Crippen LogP) is 4.23. The maximum atomic E-state index is 13.7. The molecule has 1 saturated heterocycles. The van der Waals surface area contributed by atoms with Gasteiger partial charge >= 0.3 is 0 Å². The number of hydrogen-bond acceptors (Lipinski definition) is 3. The monoisotopic (exact) mass is 396 g/mol. The summed E-state index contributed by atoms with van der Waals surface area (Å²) in [7, 11) is 0. The highest BCUT2D eigenvalue weighted by atomic mass is 16.2. The van der Waals surface area contributed by atoms with Crippen LogP contribution in [0.4, 0.5) is 0 Å². The van der Waals surface area contributed by atoms with Crippen LogP contribution in [0.2, 0.25) is 0 Å². The Balaban J connectivity index is 1.54. The van der Waals surface area contributed by atoms with Gasteiger partial charge in [0, 0.05) is 12.4 Å². The Morgan fingerprint density at radius 1 is 1.10 bits per heavy atom. The van der Waals surface area contributed by atoms with Crippen molar-refractivity contribution in [3.05, 3.63) is 89.7 Å². The van der Waals surface area contributed by atoms with Gasteiger partial charge in [-0.1, -0.05) is 54.1 Å². The summed E-state index contributed by atoms with van der Waals surface area (Å²) in [4.78, 5) is 19.4. The minimum absolute atomic E-state index is 0.0414. The highest BCUT2D eigenvalue weighted by molar-refractivity contribution is 6.08. The number of carbonyl (C=O) groups is 1. The second-order valence-electron chi connectivity index (χ2n) is 8.26. The lowest BCUT2D eigenvalue weighted by atomic mass is 9.83. The van der Waals surface area contributed by atoms with Crippen LogP contribution in [0.1, 0.15) is 29.5 Å². The molecule has 1 aromatic heterocycles.